The summed E-state index contributed by atoms with van der Waals surface area (Å²) >= 11 is 7.56. The zero-order valence-corrected chi connectivity index (χ0v) is 13.3. The van der Waals surface area contributed by atoms with Gasteiger partial charge in [-0.25, -0.2) is 4.98 Å². The minimum absolute atomic E-state index is 0.194. The van der Waals surface area contributed by atoms with Gasteiger partial charge in [0, 0.05) is 24.2 Å². The van der Waals surface area contributed by atoms with Gasteiger partial charge in [0.2, 0.25) is 17.2 Å². The first kappa shape index (κ1) is 14.9. The molecule has 0 saturated carbocycles. The van der Waals surface area contributed by atoms with E-state index in [1.807, 2.05) is 31.1 Å². The molecule has 2 aromatic heterocycles. The number of rotatable bonds is 6. The predicted octanol–water partition coefficient (Wildman–Crippen LogP) is 2.75. The first-order valence-corrected chi connectivity index (χ1v) is 7.69. The average molecular weight is 313 g/mol. The molecule has 2 heterocycles. The van der Waals surface area contributed by atoms with Crippen molar-refractivity contribution in [1.82, 2.24) is 19.9 Å². The van der Waals surface area contributed by atoms with Crippen molar-refractivity contribution in [1.29, 1.82) is 0 Å². The summed E-state index contributed by atoms with van der Waals surface area (Å²) in [7, 11) is 0. The summed E-state index contributed by atoms with van der Waals surface area (Å²) in [6, 6.07) is 0. The topological polar surface area (TPSA) is 66.8 Å². The van der Waals surface area contributed by atoms with E-state index >= 15 is 0 Å². The highest BCUT2D eigenvalue weighted by Gasteiger charge is 2.10. The maximum absolute atomic E-state index is 5.95. The smallest absolute Gasteiger partial charge is 0.231 e. The molecule has 8 heteroatoms. The lowest BCUT2D eigenvalue weighted by atomic mass is 10.5. The third-order valence-corrected chi connectivity index (χ3v) is 3.84. The largest absolute Gasteiger partial charge is 0.348 e. The number of hydrogen-bond acceptors (Lipinski definition) is 7. The van der Waals surface area contributed by atoms with Crippen LogP contribution in [0.15, 0.2) is 5.38 Å². The number of hydrogen-bond donors (Lipinski definition) is 1. The third kappa shape index (κ3) is 3.77. The van der Waals surface area contributed by atoms with Crippen molar-refractivity contribution in [2.24, 2.45) is 0 Å². The van der Waals surface area contributed by atoms with Crippen molar-refractivity contribution in [2.75, 3.05) is 23.3 Å². The second-order valence-corrected chi connectivity index (χ2v) is 5.42. The normalized spacial score (nSPS) is 10.6. The average Bonchev–Trinajstić information content (AvgIpc) is 2.83. The zero-order chi connectivity index (χ0) is 14.5. The van der Waals surface area contributed by atoms with Crippen molar-refractivity contribution >= 4 is 34.8 Å². The lowest BCUT2D eigenvalue weighted by Gasteiger charge is -2.18. The number of anilines is 2. The van der Waals surface area contributed by atoms with Crippen LogP contribution in [-0.4, -0.2) is 33.0 Å². The molecule has 0 aliphatic carbocycles. The Morgan fingerprint density at radius 3 is 2.55 bits per heavy atom. The molecule has 2 aromatic rings. The molecule has 0 fully saturated rings. The van der Waals surface area contributed by atoms with Gasteiger partial charge in [0.25, 0.3) is 0 Å². The van der Waals surface area contributed by atoms with Gasteiger partial charge in [0.1, 0.15) is 5.01 Å². The van der Waals surface area contributed by atoms with Crippen LogP contribution >= 0.6 is 22.9 Å². The highest BCUT2D eigenvalue weighted by molar-refractivity contribution is 7.09. The SMILES string of the molecule is CCN(CC)c1nc(Cl)nc(NCc2nc(C)cs2)n1. The molecule has 1 N–H and O–H groups in total. The van der Waals surface area contributed by atoms with E-state index in [0.29, 0.717) is 18.4 Å². The summed E-state index contributed by atoms with van der Waals surface area (Å²) in [5, 5.41) is 6.33. The van der Waals surface area contributed by atoms with Gasteiger partial charge in [-0.3, -0.25) is 0 Å². The van der Waals surface area contributed by atoms with Crippen LogP contribution in [0.5, 0.6) is 0 Å². The summed E-state index contributed by atoms with van der Waals surface area (Å²) in [4.78, 5) is 19.0. The number of aryl methyl sites for hydroxylation is 1. The number of nitrogens with zero attached hydrogens (tertiary/aromatic N) is 5. The van der Waals surface area contributed by atoms with Crippen LogP contribution in [0.25, 0.3) is 0 Å². The highest BCUT2D eigenvalue weighted by Crippen LogP contribution is 2.15. The van der Waals surface area contributed by atoms with Crippen LogP contribution < -0.4 is 10.2 Å². The first-order chi connectivity index (χ1) is 9.62. The van der Waals surface area contributed by atoms with Gasteiger partial charge in [-0.05, 0) is 32.4 Å². The van der Waals surface area contributed by atoms with Crippen LogP contribution in [0.4, 0.5) is 11.9 Å². The molecule has 0 atom stereocenters. The second kappa shape index (κ2) is 6.81. The molecule has 0 spiro atoms. The van der Waals surface area contributed by atoms with E-state index in [1.54, 1.807) is 11.3 Å². The number of thiazole rings is 1. The van der Waals surface area contributed by atoms with E-state index in [2.05, 4.69) is 25.3 Å². The molecule has 2 rings (SSSR count). The van der Waals surface area contributed by atoms with Crippen LogP contribution in [0.2, 0.25) is 5.28 Å². The molecule has 0 bridgehead atoms. The Morgan fingerprint density at radius 2 is 1.95 bits per heavy atom. The molecule has 0 unspecified atom stereocenters. The Morgan fingerprint density at radius 1 is 1.20 bits per heavy atom. The Labute approximate surface area is 127 Å². The first-order valence-electron chi connectivity index (χ1n) is 6.43. The van der Waals surface area contributed by atoms with E-state index in [9.17, 15) is 0 Å². The van der Waals surface area contributed by atoms with Gasteiger partial charge in [-0.1, -0.05) is 0 Å². The fraction of sp³-hybridized carbons (Fsp3) is 0.500. The fourth-order valence-corrected chi connectivity index (χ4v) is 2.57. The predicted molar refractivity (Wildman–Crippen MR) is 82.6 cm³/mol. The van der Waals surface area contributed by atoms with Crippen LogP contribution in [0.1, 0.15) is 24.5 Å². The summed E-state index contributed by atoms with van der Waals surface area (Å²) in [6.45, 7) is 8.29. The van der Waals surface area contributed by atoms with E-state index in [0.717, 1.165) is 23.8 Å². The molecule has 20 heavy (non-hydrogen) atoms. The summed E-state index contributed by atoms with van der Waals surface area (Å²) in [5.74, 6) is 1.06. The van der Waals surface area contributed by atoms with Gasteiger partial charge in [-0.15, -0.1) is 11.3 Å². The molecule has 0 aliphatic heterocycles. The van der Waals surface area contributed by atoms with Gasteiger partial charge >= 0.3 is 0 Å². The number of aromatic nitrogens is 4. The van der Waals surface area contributed by atoms with E-state index in [4.69, 9.17) is 11.6 Å². The third-order valence-electron chi connectivity index (χ3n) is 2.71. The minimum Gasteiger partial charge on any atom is -0.348 e. The van der Waals surface area contributed by atoms with Gasteiger partial charge in [0.05, 0.1) is 6.54 Å². The summed E-state index contributed by atoms with van der Waals surface area (Å²) in [5.41, 5.74) is 1.02. The maximum Gasteiger partial charge on any atom is 0.231 e. The Balaban J connectivity index is 2.11. The minimum atomic E-state index is 0.194. The van der Waals surface area contributed by atoms with Crippen molar-refractivity contribution in [3.63, 3.8) is 0 Å². The Kier molecular flexibility index (Phi) is 5.08. The van der Waals surface area contributed by atoms with E-state index in [1.165, 1.54) is 0 Å². The quantitative estimate of drug-likeness (QED) is 0.884. The van der Waals surface area contributed by atoms with Gasteiger partial charge in [-0.2, -0.15) is 15.0 Å². The number of nitrogens with one attached hydrogen (secondary N) is 1. The number of halogens is 1. The highest BCUT2D eigenvalue weighted by atomic mass is 35.5. The zero-order valence-electron chi connectivity index (χ0n) is 11.7. The molecular formula is C12H17ClN6S. The standard InChI is InChI=1S/C12H17ClN6S/c1-4-19(5-2)12-17-10(13)16-11(18-12)14-6-9-15-8(3)7-20-9/h7H,4-6H2,1-3H3,(H,14,16,17,18). The van der Waals surface area contributed by atoms with Gasteiger partial charge < -0.3 is 10.2 Å². The molecule has 0 aliphatic rings. The summed E-state index contributed by atoms with van der Waals surface area (Å²) < 4.78 is 0. The molecule has 108 valence electrons. The Bertz CT molecular complexity index is 569. The monoisotopic (exact) mass is 312 g/mol. The maximum atomic E-state index is 5.95. The van der Waals surface area contributed by atoms with Crippen molar-refractivity contribution < 1.29 is 0 Å². The second-order valence-electron chi connectivity index (χ2n) is 4.14. The molecule has 0 saturated heterocycles. The van der Waals surface area contributed by atoms with Crippen LogP contribution in [0, 0.1) is 6.92 Å². The van der Waals surface area contributed by atoms with Gasteiger partial charge in [0.15, 0.2) is 0 Å². The fourth-order valence-electron chi connectivity index (χ4n) is 1.71. The van der Waals surface area contributed by atoms with Crippen molar-refractivity contribution in [2.45, 2.75) is 27.3 Å². The molecular weight excluding hydrogens is 296 g/mol. The van der Waals surface area contributed by atoms with Crippen molar-refractivity contribution in [3.05, 3.63) is 21.4 Å². The molecule has 6 nitrogen and oxygen atoms in total. The summed E-state index contributed by atoms with van der Waals surface area (Å²) in [6.07, 6.45) is 0. The van der Waals surface area contributed by atoms with E-state index < -0.39 is 0 Å². The van der Waals surface area contributed by atoms with Crippen molar-refractivity contribution in [3.8, 4) is 0 Å². The van der Waals surface area contributed by atoms with E-state index in [-0.39, 0.29) is 5.28 Å². The lowest BCUT2D eigenvalue weighted by molar-refractivity contribution is 0.811. The molecule has 0 amide bonds. The van der Waals surface area contributed by atoms with Crippen LogP contribution in [0.3, 0.4) is 0 Å². The Hall–Kier alpha value is -1.47. The molecule has 0 radical (unpaired) electrons. The lowest BCUT2D eigenvalue weighted by Crippen LogP contribution is -2.25. The molecule has 0 aromatic carbocycles. The van der Waals surface area contributed by atoms with Crippen LogP contribution in [-0.2, 0) is 6.54 Å².